The minimum absolute atomic E-state index is 0.0332. The third kappa shape index (κ3) is 8.20. The van der Waals surface area contributed by atoms with E-state index >= 15 is 0 Å². The molecule has 0 bridgehead atoms. The number of esters is 1. The first kappa shape index (κ1) is 30.8. The zero-order valence-electron chi connectivity index (χ0n) is 23.7. The fourth-order valence-electron chi connectivity index (χ4n) is 4.13. The number of methoxy groups -OCH3 is 3. The highest BCUT2D eigenvalue weighted by atomic mass is 19.1. The first-order valence-electron chi connectivity index (χ1n) is 13.0. The standard InChI is InChI=1S/C32H30F2N2O7/c1-39-19-42-28-14-4-20(16-29(28)40-2)18-35-32(38)36-25-13-15-27(26(17-25)31(37)41-3)43-30(21-5-9-23(33)10-6-21)22-7-11-24(34)12-8-22/h4-17,30H,18-19H2,1-3H3,(H2,35,36,38). The number of benzene rings is 4. The minimum Gasteiger partial charge on any atom is -0.493 e. The van der Waals surface area contributed by atoms with Crippen LogP contribution in [0.25, 0.3) is 0 Å². The topological polar surface area (TPSA) is 104 Å². The number of hydrogen-bond donors (Lipinski definition) is 2. The SMILES string of the molecule is COCOc1ccc(CNC(=O)Nc2ccc(OC(c3ccc(F)cc3)c3ccc(F)cc3)c(C(=O)OC)c2)cc1OC. The maximum absolute atomic E-state index is 13.6. The predicted molar refractivity (Wildman–Crippen MR) is 154 cm³/mol. The van der Waals surface area contributed by atoms with Crippen LogP contribution in [-0.4, -0.2) is 40.1 Å². The molecule has 2 N–H and O–H groups in total. The Morgan fingerprint density at radius 2 is 1.40 bits per heavy atom. The second-order valence-corrected chi connectivity index (χ2v) is 9.15. The van der Waals surface area contributed by atoms with Crippen molar-refractivity contribution in [3.8, 4) is 17.2 Å². The number of rotatable bonds is 12. The van der Waals surface area contributed by atoms with Crippen molar-refractivity contribution in [1.29, 1.82) is 0 Å². The summed E-state index contributed by atoms with van der Waals surface area (Å²) in [7, 11) is 4.24. The normalized spacial score (nSPS) is 10.7. The van der Waals surface area contributed by atoms with Gasteiger partial charge in [-0.2, -0.15) is 0 Å². The zero-order valence-corrected chi connectivity index (χ0v) is 23.7. The van der Waals surface area contributed by atoms with Crippen LogP contribution in [0.3, 0.4) is 0 Å². The number of nitrogens with one attached hydrogen (secondary N) is 2. The van der Waals surface area contributed by atoms with Crippen molar-refractivity contribution in [2.24, 2.45) is 0 Å². The van der Waals surface area contributed by atoms with E-state index < -0.39 is 29.7 Å². The highest BCUT2D eigenvalue weighted by Gasteiger charge is 2.22. The van der Waals surface area contributed by atoms with Crippen LogP contribution < -0.4 is 24.8 Å². The molecule has 0 unspecified atom stereocenters. The Hall–Kier alpha value is -5.16. The number of anilines is 1. The minimum atomic E-state index is -0.810. The summed E-state index contributed by atoms with van der Waals surface area (Å²) in [6.07, 6.45) is -0.810. The van der Waals surface area contributed by atoms with Crippen LogP contribution in [0.15, 0.2) is 84.9 Å². The summed E-state index contributed by atoms with van der Waals surface area (Å²) < 4.78 is 54.1. The molecule has 0 saturated carbocycles. The summed E-state index contributed by atoms with van der Waals surface area (Å²) in [5.74, 6) is -0.459. The van der Waals surface area contributed by atoms with E-state index in [0.717, 1.165) is 5.56 Å². The van der Waals surface area contributed by atoms with Gasteiger partial charge in [-0.05, 0) is 71.3 Å². The molecule has 0 aliphatic rings. The van der Waals surface area contributed by atoms with Gasteiger partial charge >= 0.3 is 12.0 Å². The molecule has 0 aliphatic heterocycles. The summed E-state index contributed by atoms with van der Waals surface area (Å²) in [6, 6.07) is 20.4. The molecule has 0 spiro atoms. The monoisotopic (exact) mass is 592 g/mol. The number of halogens is 2. The highest BCUT2D eigenvalue weighted by Crippen LogP contribution is 2.33. The molecule has 4 rings (SSSR count). The Morgan fingerprint density at radius 3 is 1.98 bits per heavy atom. The molecule has 0 saturated heterocycles. The van der Waals surface area contributed by atoms with E-state index in [1.54, 1.807) is 24.3 Å². The zero-order chi connectivity index (χ0) is 30.8. The van der Waals surface area contributed by atoms with Gasteiger partial charge in [-0.1, -0.05) is 30.3 Å². The Balaban J connectivity index is 1.51. The van der Waals surface area contributed by atoms with Crippen LogP contribution in [0.2, 0.25) is 0 Å². The molecule has 4 aromatic carbocycles. The van der Waals surface area contributed by atoms with E-state index in [4.69, 9.17) is 23.7 Å². The summed E-state index contributed by atoms with van der Waals surface area (Å²) in [5, 5.41) is 5.43. The van der Waals surface area contributed by atoms with E-state index in [9.17, 15) is 18.4 Å². The molecule has 0 aromatic heterocycles. The Bertz CT molecular complexity index is 1500. The molecule has 0 fully saturated rings. The van der Waals surface area contributed by atoms with Crippen LogP contribution in [-0.2, 0) is 16.0 Å². The van der Waals surface area contributed by atoms with Crippen LogP contribution in [0.4, 0.5) is 19.3 Å². The molecule has 0 aliphatic carbocycles. The smallest absolute Gasteiger partial charge is 0.341 e. The van der Waals surface area contributed by atoms with Crippen molar-refractivity contribution < 1.29 is 42.1 Å². The van der Waals surface area contributed by atoms with Gasteiger partial charge in [0.1, 0.15) is 29.1 Å². The van der Waals surface area contributed by atoms with Gasteiger partial charge in [0.05, 0.1) is 14.2 Å². The van der Waals surface area contributed by atoms with Crippen molar-refractivity contribution >= 4 is 17.7 Å². The number of hydrogen-bond acceptors (Lipinski definition) is 7. The molecule has 4 aromatic rings. The maximum atomic E-state index is 13.6. The third-order valence-electron chi connectivity index (χ3n) is 6.25. The van der Waals surface area contributed by atoms with Gasteiger partial charge in [0.25, 0.3) is 0 Å². The number of carbonyl (C=O) groups is 2. The molecule has 0 atom stereocenters. The lowest BCUT2D eigenvalue weighted by atomic mass is 10.0. The van der Waals surface area contributed by atoms with Crippen molar-refractivity contribution in [2.75, 3.05) is 33.4 Å². The lowest BCUT2D eigenvalue weighted by Crippen LogP contribution is -2.28. The third-order valence-corrected chi connectivity index (χ3v) is 6.25. The Labute approximate surface area is 247 Å². The number of carbonyl (C=O) groups excluding carboxylic acids is 2. The predicted octanol–water partition coefficient (Wildman–Crippen LogP) is 6.23. The number of amides is 2. The molecule has 9 nitrogen and oxygen atoms in total. The average molecular weight is 593 g/mol. The maximum Gasteiger partial charge on any atom is 0.341 e. The van der Waals surface area contributed by atoms with Crippen LogP contribution in [0.1, 0.15) is 33.2 Å². The second-order valence-electron chi connectivity index (χ2n) is 9.15. The van der Waals surface area contributed by atoms with Gasteiger partial charge in [0.2, 0.25) is 0 Å². The average Bonchev–Trinajstić information content (AvgIpc) is 3.03. The lowest BCUT2D eigenvalue weighted by Gasteiger charge is -2.22. The second kappa shape index (κ2) is 14.6. The van der Waals surface area contributed by atoms with E-state index in [2.05, 4.69) is 10.6 Å². The molecule has 11 heteroatoms. The van der Waals surface area contributed by atoms with E-state index in [1.807, 2.05) is 0 Å². The first-order chi connectivity index (χ1) is 20.8. The van der Waals surface area contributed by atoms with Crippen LogP contribution in [0, 0.1) is 11.6 Å². The van der Waals surface area contributed by atoms with Crippen molar-refractivity contribution in [3.05, 3.63) is 119 Å². The van der Waals surface area contributed by atoms with Crippen molar-refractivity contribution in [3.63, 3.8) is 0 Å². The quantitative estimate of drug-likeness (QED) is 0.148. The summed E-state index contributed by atoms with van der Waals surface area (Å²) in [6.45, 7) is 0.238. The first-order valence-corrected chi connectivity index (χ1v) is 13.0. The molecular formula is C32H30F2N2O7. The van der Waals surface area contributed by atoms with E-state index in [-0.39, 0.29) is 24.7 Å². The highest BCUT2D eigenvalue weighted by molar-refractivity contribution is 5.96. The van der Waals surface area contributed by atoms with Gasteiger partial charge in [-0.15, -0.1) is 0 Å². The summed E-state index contributed by atoms with van der Waals surface area (Å²) in [4.78, 5) is 25.4. The molecule has 0 radical (unpaired) electrons. The lowest BCUT2D eigenvalue weighted by molar-refractivity contribution is 0.0491. The molecular weight excluding hydrogens is 562 g/mol. The fraction of sp³-hybridized carbons (Fsp3) is 0.188. The number of ether oxygens (including phenoxy) is 5. The van der Waals surface area contributed by atoms with Gasteiger partial charge in [0.15, 0.2) is 18.3 Å². The van der Waals surface area contributed by atoms with Gasteiger partial charge in [-0.25, -0.2) is 18.4 Å². The largest absolute Gasteiger partial charge is 0.493 e. The van der Waals surface area contributed by atoms with Gasteiger partial charge in [-0.3, -0.25) is 0 Å². The van der Waals surface area contributed by atoms with E-state index in [0.29, 0.717) is 28.3 Å². The Kier molecular flexibility index (Phi) is 10.5. The molecule has 2 amide bonds. The van der Waals surface area contributed by atoms with Gasteiger partial charge < -0.3 is 34.3 Å². The number of urea groups is 1. The summed E-state index contributed by atoms with van der Waals surface area (Å²) >= 11 is 0. The molecule has 0 heterocycles. The molecule has 43 heavy (non-hydrogen) atoms. The molecule has 224 valence electrons. The fourth-order valence-corrected chi connectivity index (χ4v) is 4.13. The summed E-state index contributed by atoms with van der Waals surface area (Å²) in [5.41, 5.74) is 2.22. The van der Waals surface area contributed by atoms with Crippen LogP contribution in [0.5, 0.6) is 17.2 Å². The van der Waals surface area contributed by atoms with Gasteiger partial charge in [0, 0.05) is 19.3 Å². The van der Waals surface area contributed by atoms with Crippen molar-refractivity contribution in [2.45, 2.75) is 12.6 Å². The van der Waals surface area contributed by atoms with Crippen LogP contribution >= 0.6 is 0 Å². The van der Waals surface area contributed by atoms with Crippen molar-refractivity contribution in [1.82, 2.24) is 5.32 Å². The Morgan fingerprint density at radius 1 is 0.767 bits per heavy atom. The van der Waals surface area contributed by atoms with E-state index in [1.165, 1.54) is 82.0 Å².